The van der Waals surface area contributed by atoms with Crippen LogP contribution in [-0.2, 0) is 20.4 Å². The van der Waals surface area contributed by atoms with Crippen LogP contribution in [0.2, 0.25) is 0 Å². The number of halogens is 2. The van der Waals surface area contributed by atoms with E-state index in [1.165, 1.54) is 10.7 Å². The van der Waals surface area contributed by atoms with Gasteiger partial charge in [0.15, 0.2) is 5.82 Å². The molecular formula is C9H9Cl2N3OPd. The molecule has 90 valence electrons. The Labute approximate surface area is 119 Å². The monoisotopic (exact) mass is 351 g/mol. The number of rotatable bonds is 1. The molecule has 0 saturated carbocycles. The molecular weight excluding hydrogens is 343 g/mol. The van der Waals surface area contributed by atoms with E-state index in [-0.39, 0.29) is 50.8 Å². The summed E-state index contributed by atoms with van der Waals surface area (Å²) in [6.45, 7) is 1.83. The number of aromatic amines is 1. The van der Waals surface area contributed by atoms with Crippen LogP contribution in [-0.4, -0.2) is 14.8 Å². The van der Waals surface area contributed by atoms with Crippen molar-refractivity contribution in [2.24, 2.45) is 0 Å². The minimum atomic E-state index is -0.0869. The predicted molar refractivity (Wildman–Crippen MR) is 48.9 cm³/mol. The van der Waals surface area contributed by atoms with E-state index in [9.17, 15) is 4.79 Å². The van der Waals surface area contributed by atoms with Crippen molar-refractivity contribution < 1.29 is 45.2 Å². The van der Waals surface area contributed by atoms with Crippen molar-refractivity contribution in [2.75, 3.05) is 0 Å². The molecule has 2 aromatic rings. The maximum absolute atomic E-state index is 11.3. The number of nitrogens with one attached hydrogen (secondary N) is 1. The normalized spacial score (nSPS) is 8.31. The van der Waals surface area contributed by atoms with Crippen molar-refractivity contribution >= 4 is 0 Å². The van der Waals surface area contributed by atoms with Gasteiger partial charge in [-0.15, -0.1) is 0 Å². The van der Waals surface area contributed by atoms with Gasteiger partial charge in [-0.05, 0) is 19.1 Å². The van der Waals surface area contributed by atoms with Gasteiger partial charge in [0.25, 0.3) is 5.56 Å². The average Bonchev–Trinajstić information content (AvgIpc) is 2.47. The summed E-state index contributed by atoms with van der Waals surface area (Å²) in [6, 6.07) is 6.96. The predicted octanol–water partition coefficient (Wildman–Crippen LogP) is -5.13. The van der Waals surface area contributed by atoms with Gasteiger partial charge in [-0.2, -0.15) is 0 Å². The number of pyridine rings is 1. The molecule has 0 amide bonds. The van der Waals surface area contributed by atoms with E-state index in [4.69, 9.17) is 0 Å². The van der Waals surface area contributed by atoms with Crippen molar-refractivity contribution in [2.45, 2.75) is 6.92 Å². The Morgan fingerprint density at radius 1 is 1.31 bits per heavy atom. The molecule has 0 spiro atoms. The molecule has 0 atom stereocenters. The molecule has 0 aliphatic rings. The quantitative estimate of drug-likeness (QED) is 0.522. The van der Waals surface area contributed by atoms with Gasteiger partial charge in [-0.1, -0.05) is 6.07 Å². The molecule has 4 nitrogen and oxygen atoms in total. The minimum Gasteiger partial charge on any atom is -1.00 e. The first-order chi connectivity index (χ1) is 6.27. The second-order valence-corrected chi connectivity index (χ2v) is 2.80. The number of nitrogens with zero attached hydrogens (tertiary/aromatic N) is 2. The number of aromatic nitrogens is 3. The fourth-order valence-corrected chi connectivity index (χ4v) is 1.17. The number of hydrogen-bond acceptors (Lipinski definition) is 2. The van der Waals surface area contributed by atoms with Crippen LogP contribution in [0.25, 0.3) is 5.82 Å². The first-order valence-corrected chi connectivity index (χ1v) is 3.97. The van der Waals surface area contributed by atoms with E-state index in [0.29, 0.717) is 5.82 Å². The Morgan fingerprint density at radius 3 is 2.44 bits per heavy atom. The zero-order chi connectivity index (χ0) is 9.26. The van der Waals surface area contributed by atoms with Gasteiger partial charge >= 0.3 is 20.4 Å². The van der Waals surface area contributed by atoms with Gasteiger partial charge in [0.05, 0.1) is 0 Å². The van der Waals surface area contributed by atoms with Crippen molar-refractivity contribution in [3.8, 4) is 5.82 Å². The first kappa shape index (κ1) is 17.8. The van der Waals surface area contributed by atoms with Crippen LogP contribution < -0.4 is 30.4 Å². The van der Waals surface area contributed by atoms with Crippen LogP contribution in [0.15, 0.2) is 35.3 Å². The summed E-state index contributed by atoms with van der Waals surface area (Å²) in [5.74, 6) is 0.612. The maximum Gasteiger partial charge on any atom is 2.00 e. The average molecular weight is 353 g/mol. The molecule has 0 fully saturated rings. The summed E-state index contributed by atoms with van der Waals surface area (Å²) in [5, 5.41) is 2.90. The summed E-state index contributed by atoms with van der Waals surface area (Å²) < 4.78 is 1.41. The molecule has 0 saturated heterocycles. The maximum atomic E-state index is 11.3. The van der Waals surface area contributed by atoms with Gasteiger partial charge in [0.1, 0.15) is 0 Å². The number of H-pyrrole nitrogens is 1. The number of aryl methyl sites for hydroxylation is 1. The minimum absolute atomic E-state index is 0. The van der Waals surface area contributed by atoms with Gasteiger partial charge in [0, 0.05) is 18.0 Å². The fourth-order valence-electron chi connectivity index (χ4n) is 1.17. The van der Waals surface area contributed by atoms with Gasteiger partial charge in [-0.25, -0.2) is 9.67 Å². The second kappa shape index (κ2) is 7.64. The van der Waals surface area contributed by atoms with E-state index >= 15 is 0 Å². The van der Waals surface area contributed by atoms with E-state index in [1.807, 2.05) is 19.1 Å². The molecule has 1 N–H and O–H groups in total. The second-order valence-electron chi connectivity index (χ2n) is 2.80. The molecule has 2 heterocycles. The smallest absolute Gasteiger partial charge is 1.00 e. The molecule has 0 radical (unpaired) electrons. The van der Waals surface area contributed by atoms with Gasteiger partial charge in [0.2, 0.25) is 0 Å². The largest absolute Gasteiger partial charge is 2.00 e. The molecule has 16 heavy (non-hydrogen) atoms. The molecule has 0 unspecified atom stereocenters. The van der Waals surface area contributed by atoms with Gasteiger partial charge < -0.3 is 24.8 Å². The van der Waals surface area contributed by atoms with Crippen molar-refractivity contribution in [3.63, 3.8) is 0 Å². The van der Waals surface area contributed by atoms with Crippen molar-refractivity contribution in [3.05, 3.63) is 46.5 Å². The van der Waals surface area contributed by atoms with E-state index < -0.39 is 0 Å². The molecule has 0 aliphatic carbocycles. The van der Waals surface area contributed by atoms with E-state index in [0.717, 1.165) is 5.69 Å². The van der Waals surface area contributed by atoms with Crippen LogP contribution in [0, 0.1) is 6.92 Å². The van der Waals surface area contributed by atoms with Crippen molar-refractivity contribution in [1.29, 1.82) is 0 Å². The third-order valence-corrected chi connectivity index (χ3v) is 1.73. The summed E-state index contributed by atoms with van der Waals surface area (Å²) in [6.07, 6.45) is 1.65. The molecule has 0 aliphatic heterocycles. The summed E-state index contributed by atoms with van der Waals surface area (Å²) in [4.78, 5) is 15.4. The van der Waals surface area contributed by atoms with E-state index in [1.54, 1.807) is 12.3 Å². The van der Waals surface area contributed by atoms with Crippen LogP contribution >= 0.6 is 0 Å². The zero-order valence-electron chi connectivity index (χ0n) is 8.26. The third kappa shape index (κ3) is 3.76. The molecule has 2 aromatic heterocycles. The van der Waals surface area contributed by atoms with Crippen LogP contribution in [0.1, 0.15) is 5.69 Å². The van der Waals surface area contributed by atoms with Crippen LogP contribution in [0.3, 0.4) is 0 Å². The van der Waals surface area contributed by atoms with E-state index in [2.05, 4.69) is 10.1 Å². The Hall–Kier alpha value is -0.598. The topological polar surface area (TPSA) is 50.7 Å². The molecule has 2 rings (SSSR count). The summed E-state index contributed by atoms with van der Waals surface area (Å²) in [5.41, 5.74) is 0.742. The Bertz CT molecular complexity index is 469. The van der Waals surface area contributed by atoms with Crippen LogP contribution in [0.5, 0.6) is 0 Å². The summed E-state index contributed by atoms with van der Waals surface area (Å²) >= 11 is 0. The zero-order valence-corrected chi connectivity index (χ0v) is 11.3. The Morgan fingerprint density at radius 2 is 2.00 bits per heavy atom. The SMILES string of the molecule is Cc1cc(=O)n(-c2ccccn2)[nH]1.[Cl-].[Cl-].[Pd+2]. The van der Waals surface area contributed by atoms with Gasteiger partial charge in [-0.3, -0.25) is 9.89 Å². The Balaban J connectivity index is 0. The Kier molecular flexibility index (Phi) is 8.49. The van der Waals surface area contributed by atoms with Crippen LogP contribution in [0.4, 0.5) is 0 Å². The molecule has 0 aromatic carbocycles. The fraction of sp³-hybridized carbons (Fsp3) is 0.111. The first-order valence-electron chi connectivity index (χ1n) is 3.97. The van der Waals surface area contributed by atoms with Crippen molar-refractivity contribution in [1.82, 2.24) is 14.8 Å². The number of hydrogen-bond donors (Lipinski definition) is 1. The molecule has 7 heteroatoms. The standard InChI is InChI=1S/C9H9N3O.2ClH.Pd/c1-7-6-9(13)12(11-7)8-4-2-3-5-10-8;;;/h2-6,11H,1H3;2*1H;/q;;;+2/p-2. The third-order valence-electron chi connectivity index (χ3n) is 1.73. The summed E-state index contributed by atoms with van der Waals surface area (Å²) in [7, 11) is 0. The molecule has 0 bridgehead atoms.